The lowest BCUT2D eigenvalue weighted by atomic mass is 10.0. The second kappa shape index (κ2) is 5.13. The number of hydrazine groups is 1. The Morgan fingerprint density at radius 2 is 2.25 bits per heavy atom. The summed E-state index contributed by atoms with van der Waals surface area (Å²) in [7, 11) is 0. The fraction of sp³-hybridized carbons (Fsp3) is 0.500. The van der Waals surface area contributed by atoms with Gasteiger partial charge in [-0.3, -0.25) is 11.3 Å². The van der Waals surface area contributed by atoms with Crippen LogP contribution in [-0.4, -0.2) is 6.04 Å². The highest BCUT2D eigenvalue weighted by Crippen LogP contribution is 2.34. The number of hydrogen-bond acceptors (Lipinski definition) is 2. The quantitative estimate of drug-likeness (QED) is 0.615. The molecular formula is C12H16ClFN2. The Kier molecular flexibility index (Phi) is 3.79. The Morgan fingerprint density at radius 3 is 2.88 bits per heavy atom. The molecule has 1 aromatic rings. The van der Waals surface area contributed by atoms with Crippen LogP contribution in [0.5, 0.6) is 0 Å². The molecule has 1 unspecified atom stereocenters. The molecule has 0 radical (unpaired) electrons. The summed E-state index contributed by atoms with van der Waals surface area (Å²) in [5.74, 6) is 5.93. The topological polar surface area (TPSA) is 38.0 Å². The van der Waals surface area contributed by atoms with Gasteiger partial charge in [-0.25, -0.2) is 4.39 Å². The maximum Gasteiger partial charge on any atom is 0.145 e. The molecule has 0 bridgehead atoms. The van der Waals surface area contributed by atoms with E-state index in [2.05, 4.69) is 5.43 Å². The minimum atomic E-state index is -0.319. The molecule has 1 fully saturated rings. The predicted octanol–water partition coefficient (Wildman–Crippen LogP) is 2.65. The van der Waals surface area contributed by atoms with Crippen LogP contribution in [0, 0.1) is 11.7 Å². The zero-order valence-electron chi connectivity index (χ0n) is 9.05. The lowest BCUT2D eigenvalue weighted by molar-refractivity contribution is 0.457. The van der Waals surface area contributed by atoms with E-state index in [0.29, 0.717) is 12.0 Å². The Hall–Kier alpha value is -0.640. The van der Waals surface area contributed by atoms with Crippen molar-refractivity contribution in [3.05, 3.63) is 34.6 Å². The van der Waals surface area contributed by atoms with E-state index in [0.717, 1.165) is 12.3 Å². The van der Waals surface area contributed by atoms with Crippen molar-refractivity contribution in [1.82, 2.24) is 5.43 Å². The van der Waals surface area contributed by atoms with E-state index in [-0.39, 0.29) is 16.9 Å². The number of benzene rings is 1. The molecule has 16 heavy (non-hydrogen) atoms. The minimum absolute atomic E-state index is 0.139. The van der Waals surface area contributed by atoms with Gasteiger partial charge in [0.15, 0.2) is 0 Å². The van der Waals surface area contributed by atoms with Gasteiger partial charge < -0.3 is 0 Å². The maximum atomic E-state index is 13.7. The molecule has 0 saturated heterocycles. The molecule has 0 amide bonds. The molecule has 1 aliphatic carbocycles. The molecule has 1 aliphatic rings. The molecule has 1 saturated carbocycles. The van der Waals surface area contributed by atoms with Crippen molar-refractivity contribution >= 4 is 11.6 Å². The third-order valence-corrected chi connectivity index (χ3v) is 3.34. The standard InChI is InChI=1S/C12H16ClFN2/c13-11-3-1-2-9(12(11)14)7-10(16-15)6-8-4-5-8/h1-3,8,10,16H,4-7,15H2. The van der Waals surface area contributed by atoms with Crippen molar-refractivity contribution in [2.45, 2.75) is 31.7 Å². The van der Waals surface area contributed by atoms with Gasteiger partial charge in [0.1, 0.15) is 5.82 Å². The van der Waals surface area contributed by atoms with Crippen molar-refractivity contribution in [3.8, 4) is 0 Å². The van der Waals surface area contributed by atoms with Crippen LogP contribution in [0.25, 0.3) is 0 Å². The monoisotopic (exact) mass is 242 g/mol. The first-order valence-corrected chi connectivity index (χ1v) is 5.97. The Labute approximate surface area is 99.9 Å². The third-order valence-electron chi connectivity index (χ3n) is 3.05. The Morgan fingerprint density at radius 1 is 1.50 bits per heavy atom. The van der Waals surface area contributed by atoms with Gasteiger partial charge in [0, 0.05) is 6.04 Å². The van der Waals surface area contributed by atoms with Crippen molar-refractivity contribution in [2.75, 3.05) is 0 Å². The van der Waals surface area contributed by atoms with E-state index in [1.54, 1.807) is 18.2 Å². The summed E-state index contributed by atoms with van der Waals surface area (Å²) in [5.41, 5.74) is 3.39. The van der Waals surface area contributed by atoms with E-state index in [4.69, 9.17) is 17.4 Å². The summed E-state index contributed by atoms with van der Waals surface area (Å²) >= 11 is 5.73. The highest BCUT2D eigenvalue weighted by atomic mass is 35.5. The third kappa shape index (κ3) is 2.94. The van der Waals surface area contributed by atoms with Crippen LogP contribution in [-0.2, 0) is 6.42 Å². The summed E-state index contributed by atoms with van der Waals surface area (Å²) in [6, 6.07) is 5.23. The molecule has 3 N–H and O–H groups in total. The van der Waals surface area contributed by atoms with Gasteiger partial charge in [-0.2, -0.15) is 0 Å². The number of nitrogens with one attached hydrogen (secondary N) is 1. The highest BCUT2D eigenvalue weighted by molar-refractivity contribution is 6.30. The number of hydrogen-bond donors (Lipinski definition) is 2. The van der Waals surface area contributed by atoms with Crippen LogP contribution in [0.2, 0.25) is 5.02 Å². The zero-order valence-corrected chi connectivity index (χ0v) is 9.80. The second-order valence-electron chi connectivity index (χ2n) is 4.46. The number of nitrogens with two attached hydrogens (primary N) is 1. The van der Waals surface area contributed by atoms with Gasteiger partial charge in [0.05, 0.1) is 5.02 Å². The van der Waals surface area contributed by atoms with Crippen LogP contribution in [0.15, 0.2) is 18.2 Å². The molecule has 0 aromatic heterocycles. The van der Waals surface area contributed by atoms with Gasteiger partial charge in [-0.15, -0.1) is 0 Å². The van der Waals surface area contributed by atoms with Gasteiger partial charge in [-0.05, 0) is 30.4 Å². The summed E-state index contributed by atoms with van der Waals surface area (Å²) in [6.45, 7) is 0. The van der Waals surface area contributed by atoms with Crippen molar-refractivity contribution in [1.29, 1.82) is 0 Å². The fourth-order valence-electron chi connectivity index (χ4n) is 1.94. The van der Waals surface area contributed by atoms with Crippen LogP contribution < -0.4 is 11.3 Å². The lowest BCUT2D eigenvalue weighted by Crippen LogP contribution is -2.37. The molecule has 0 aliphatic heterocycles. The average molecular weight is 243 g/mol. The van der Waals surface area contributed by atoms with E-state index in [1.807, 2.05) is 0 Å². The van der Waals surface area contributed by atoms with Crippen molar-refractivity contribution in [2.24, 2.45) is 11.8 Å². The SMILES string of the molecule is NNC(Cc1cccc(Cl)c1F)CC1CC1. The van der Waals surface area contributed by atoms with Crippen LogP contribution in [0.1, 0.15) is 24.8 Å². The summed E-state index contributed by atoms with van der Waals surface area (Å²) in [5, 5.41) is 0.180. The van der Waals surface area contributed by atoms with Gasteiger partial charge in [0.25, 0.3) is 0 Å². The van der Waals surface area contributed by atoms with Crippen LogP contribution in [0.4, 0.5) is 4.39 Å². The largest absolute Gasteiger partial charge is 0.271 e. The van der Waals surface area contributed by atoms with E-state index in [9.17, 15) is 4.39 Å². The minimum Gasteiger partial charge on any atom is -0.271 e. The van der Waals surface area contributed by atoms with E-state index < -0.39 is 0 Å². The van der Waals surface area contributed by atoms with Gasteiger partial charge in [0.2, 0.25) is 0 Å². The number of rotatable bonds is 5. The average Bonchev–Trinajstić information content (AvgIpc) is 3.07. The zero-order chi connectivity index (χ0) is 11.5. The maximum absolute atomic E-state index is 13.7. The van der Waals surface area contributed by atoms with Crippen molar-refractivity contribution in [3.63, 3.8) is 0 Å². The lowest BCUT2D eigenvalue weighted by Gasteiger charge is -2.16. The van der Waals surface area contributed by atoms with Crippen LogP contribution in [0.3, 0.4) is 0 Å². The van der Waals surface area contributed by atoms with Crippen molar-refractivity contribution < 1.29 is 4.39 Å². The first-order valence-electron chi connectivity index (χ1n) is 5.59. The van der Waals surface area contributed by atoms with E-state index in [1.165, 1.54) is 12.8 Å². The molecule has 88 valence electrons. The molecule has 0 heterocycles. The molecule has 1 aromatic carbocycles. The Bertz CT molecular complexity index is 366. The van der Waals surface area contributed by atoms with Gasteiger partial charge in [-0.1, -0.05) is 36.6 Å². The number of halogens is 2. The summed E-state index contributed by atoms with van der Waals surface area (Å²) < 4.78 is 13.7. The molecular weight excluding hydrogens is 227 g/mol. The Balaban J connectivity index is 2.02. The van der Waals surface area contributed by atoms with Crippen LogP contribution >= 0.6 is 11.6 Å². The molecule has 0 spiro atoms. The van der Waals surface area contributed by atoms with Gasteiger partial charge >= 0.3 is 0 Å². The fourth-order valence-corrected chi connectivity index (χ4v) is 2.13. The predicted molar refractivity (Wildman–Crippen MR) is 63.6 cm³/mol. The first-order chi connectivity index (χ1) is 7.70. The smallest absolute Gasteiger partial charge is 0.145 e. The summed E-state index contributed by atoms with van der Waals surface area (Å²) in [4.78, 5) is 0. The second-order valence-corrected chi connectivity index (χ2v) is 4.87. The summed E-state index contributed by atoms with van der Waals surface area (Å²) in [6.07, 6.45) is 4.16. The molecule has 1 atom stereocenters. The molecule has 4 heteroatoms. The highest BCUT2D eigenvalue weighted by Gasteiger charge is 2.25. The molecule has 2 nitrogen and oxygen atoms in total. The normalized spacial score (nSPS) is 17.4. The first kappa shape index (κ1) is 11.8. The molecule has 2 rings (SSSR count). The van der Waals surface area contributed by atoms with E-state index >= 15 is 0 Å².